The summed E-state index contributed by atoms with van der Waals surface area (Å²) in [5.41, 5.74) is 1.01. The molecular weight excluding hydrogens is 274 g/mol. The molecule has 0 atom stereocenters. The molecule has 1 aromatic carbocycles. The van der Waals surface area contributed by atoms with Crippen LogP contribution in [0.1, 0.15) is 24.8 Å². The molecule has 0 radical (unpaired) electrons. The Labute approximate surface area is 122 Å². The van der Waals surface area contributed by atoms with Crippen molar-refractivity contribution in [3.05, 3.63) is 47.1 Å². The second kappa shape index (κ2) is 5.67. The van der Waals surface area contributed by atoms with Gasteiger partial charge in [-0.15, -0.1) is 0 Å². The number of rotatable bonds is 4. The number of nitrogens with zero attached hydrogens (tertiary/aromatic N) is 2. The highest BCUT2D eigenvalue weighted by Gasteiger charge is 2.25. The normalized spacial score (nSPS) is 14.8. The number of carbonyl (C=O) groups excluding carboxylic acids is 1. The summed E-state index contributed by atoms with van der Waals surface area (Å²) in [5.74, 6) is 0.858. The lowest BCUT2D eigenvalue weighted by molar-refractivity contribution is -0.122. The minimum Gasteiger partial charge on any atom is -0.309 e. The van der Waals surface area contributed by atoms with E-state index in [1.54, 1.807) is 4.68 Å². The maximum atomic E-state index is 11.8. The maximum absolute atomic E-state index is 11.8. The Morgan fingerprint density at radius 1 is 1.35 bits per heavy atom. The van der Waals surface area contributed by atoms with Gasteiger partial charge in [0.05, 0.1) is 6.54 Å². The fourth-order valence-electron chi connectivity index (χ4n) is 2.22. The zero-order valence-corrected chi connectivity index (χ0v) is 11.8. The summed E-state index contributed by atoms with van der Waals surface area (Å²) >= 11 is 6.12. The topological polar surface area (TPSA) is 46.9 Å². The Bertz CT molecular complexity index is 619. The van der Waals surface area contributed by atoms with Crippen LogP contribution in [-0.2, 0) is 11.3 Å². The molecule has 1 N–H and O–H groups in total. The molecule has 1 fully saturated rings. The summed E-state index contributed by atoms with van der Waals surface area (Å²) in [5, 5.41) is 7.94. The molecule has 4 nitrogen and oxygen atoms in total. The fraction of sp³-hybridized carbons (Fsp3) is 0.333. The minimum absolute atomic E-state index is 0.0826. The fourth-order valence-corrected chi connectivity index (χ4v) is 2.41. The number of aromatic nitrogens is 2. The van der Waals surface area contributed by atoms with Crippen LogP contribution in [0.5, 0.6) is 0 Å². The smallest absolute Gasteiger partial charge is 0.228 e. The number of nitrogens with one attached hydrogen (secondary N) is 1. The molecule has 3 rings (SSSR count). The molecule has 20 heavy (non-hydrogen) atoms. The van der Waals surface area contributed by atoms with Crippen molar-refractivity contribution in [2.75, 3.05) is 5.32 Å². The van der Waals surface area contributed by atoms with Gasteiger partial charge in [0, 0.05) is 23.2 Å². The van der Waals surface area contributed by atoms with Crippen molar-refractivity contribution in [2.24, 2.45) is 5.92 Å². The van der Waals surface area contributed by atoms with E-state index in [1.807, 2.05) is 36.5 Å². The van der Waals surface area contributed by atoms with Gasteiger partial charge in [0.1, 0.15) is 0 Å². The van der Waals surface area contributed by atoms with E-state index >= 15 is 0 Å². The molecule has 5 heteroatoms. The van der Waals surface area contributed by atoms with Gasteiger partial charge in [-0.05, 0) is 24.5 Å². The quantitative estimate of drug-likeness (QED) is 0.938. The van der Waals surface area contributed by atoms with Crippen LogP contribution in [0.4, 0.5) is 5.82 Å². The number of hydrogen-bond acceptors (Lipinski definition) is 2. The monoisotopic (exact) mass is 289 g/mol. The Balaban J connectivity index is 1.64. The SMILES string of the molecule is O=C(Nc1ccn(Cc2ccccc2Cl)n1)C1CCC1. The van der Waals surface area contributed by atoms with Crippen LogP contribution in [-0.4, -0.2) is 15.7 Å². The van der Waals surface area contributed by atoms with Crippen LogP contribution in [0.3, 0.4) is 0 Å². The lowest BCUT2D eigenvalue weighted by Crippen LogP contribution is -2.28. The first-order valence-corrected chi connectivity index (χ1v) is 7.18. The molecule has 1 saturated carbocycles. The van der Waals surface area contributed by atoms with Gasteiger partial charge in [0.25, 0.3) is 0 Å². The Morgan fingerprint density at radius 2 is 2.15 bits per heavy atom. The van der Waals surface area contributed by atoms with E-state index in [2.05, 4.69) is 10.4 Å². The van der Waals surface area contributed by atoms with Crippen LogP contribution < -0.4 is 5.32 Å². The van der Waals surface area contributed by atoms with E-state index in [0.717, 1.165) is 29.8 Å². The summed E-state index contributed by atoms with van der Waals surface area (Å²) in [6.07, 6.45) is 4.98. The molecule has 104 valence electrons. The predicted molar refractivity (Wildman–Crippen MR) is 78.8 cm³/mol. The summed E-state index contributed by atoms with van der Waals surface area (Å²) in [6, 6.07) is 9.49. The molecule has 0 aliphatic heterocycles. The lowest BCUT2D eigenvalue weighted by atomic mass is 9.85. The van der Waals surface area contributed by atoms with Crippen molar-refractivity contribution < 1.29 is 4.79 Å². The molecule has 0 unspecified atom stereocenters. The summed E-state index contributed by atoms with van der Waals surface area (Å²) in [7, 11) is 0. The second-order valence-electron chi connectivity index (χ2n) is 5.11. The standard InChI is InChI=1S/C15H16ClN3O/c16-13-7-2-1-4-12(13)10-19-9-8-14(18-19)17-15(20)11-5-3-6-11/h1-2,4,7-9,11H,3,5-6,10H2,(H,17,18,20). The van der Waals surface area contributed by atoms with Gasteiger partial charge in [-0.1, -0.05) is 36.2 Å². The lowest BCUT2D eigenvalue weighted by Gasteiger charge is -2.23. The van der Waals surface area contributed by atoms with Crippen molar-refractivity contribution in [1.29, 1.82) is 0 Å². The van der Waals surface area contributed by atoms with Gasteiger partial charge in [0.15, 0.2) is 5.82 Å². The molecule has 1 aliphatic rings. The minimum atomic E-state index is 0.0826. The largest absolute Gasteiger partial charge is 0.309 e. The van der Waals surface area contributed by atoms with Crippen molar-refractivity contribution in [3.8, 4) is 0 Å². The van der Waals surface area contributed by atoms with Gasteiger partial charge in [0.2, 0.25) is 5.91 Å². The molecule has 2 aromatic rings. The van der Waals surface area contributed by atoms with Crippen LogP contribution in [0.15, 0.2) is 36.5 Å². The van der Waals surface area contributed by atoms with Crippen LogP contribution in [0.2, 0.25) is 5.02 Å². The molecule has 0 bridgehead atoms. The summed E-state index contributed by atoms with van der Waals surface area (Å²) < 4.78 is 1.78. The molecule has 1 aliphatic carbocycles. The van der Waals surface area contributed by atoms with E-state index in [0.29, 0.717) is 12.4 Å². The zero-order chi connectivity index (χ0) is 13.9. The second-order valence-corrected chi connectivity index (χ2v) is 5.51. The first kappa shape index (κ1) is 13.2. The molecule has 1 heterocycles. The third kappa shape index (κ3) is 2.85. The van der Waals surface area contributed by atoms with Crippen molar-refractivity contribution in [2.45, 2.75) is 25.8 Å². The summed E-state index contributed by atoms with van der Waals surface area (Å²) in [4.78, 5) is 11.8. The highest BCUT2D eigenvalue weighted by molar-refractivity contribution is 6.31. The molecule has 0 spiro atoms. The van der Waals surface area contributed by atoms with Crippen molar-refractivity contribution >= 4 is 23.3 Å². The third-order valence-electron chi connectivity index (χ3n) is 3.66. The van der Waals surface area contributed by atoms with Gasteiger partial charge in [-0.2, -0.15) is 5.10 Å². The Hall–Kier alpha value is -1.81. The number of halogens is 1. The predicted octanol–water partition coefficient (Wildman–Crippen LogP) is 3.32. The molecule has 1 amide bonds. The number of anilines is 1. The number of carbonyl (C=O) groups is 1. The highest BCUT2D eigenvalue weighted by Crippen LogP contribution is 2.27. The number of hydrogen-bond donors (Lipinski definition) is 1. The van der Waals surface area contributed by atoms with Crippen molar-refractivity contribution in [1.82, 2.24) is 9.78 Å². The average Bonchev–Trinajstić information content (AvgIpc) is 2.77. The van der Waals surface area contributed by atoms with E-state index in [-0.39, 0.29) is 11.8 Å². The third-order valence-corrected chi connectivity index (χ3v) is 4.03. The van der Waals surface area contributed by atoms with Gasteiger partial charge >= 0.3 is 0 Å². The molecular formula is C15H16ClN3O. The summed E-state index contributed by atoms with van der Waals surface area (Å²) in [6.45, 7) is 0.596. The van der Waals surface area contributed by atoms with E-state index in [9.17, 15) is 4.79 Å². The van der Waals surface area contributed by atoms with Crippen LogP contribution in [0.25, 0.3) is 0 Å². The molecule has 0 saturated heterocycles. The Kier molecular flexibility index (Phi) is 3.74. The maximum Gasteiger partial charge on any atom is 0.228 e. The van der Waals surface area contributed by atoms with Crippen LogP contribution in [0, 0.1) is 5.92 Å². The van der Waals surface area contributed by atoms with E-state index < -0.39 is 0 Å². The number of amides is 1. The first-order chi connectivity index (χ1) is 9.72. The van der Waals surface area contributed by atoms with Crippen LogP contribution >= 0.6 is 11.6 Å². The number of benzene rings is 1. The first-order valence-electron chi connectivity index (χ1n) is 6.80. The zero-order valence-electron chi connectivity index (χ0n) is 11.1. The van der Waals surface area contributed by atoms with E-state index in [4.69, 9.17) is 11.6 Å². The molecule has 1 aromatic heterocycles. The van der Waals surface area contributed by atoms with E-state index in [1.165, 1.54) is 0 Å². The van der Waals surface area contributed by atoms with Gasteiger partial charge in [-0.25, -0.2) is 0 Å². The average molecular weight is 290 g/mol. The van der Waals surface area contributed by atoms with Crippen molar-refractivity contribution in [3.63, 3.8) is 0 Å². The Morgan fingerprint density at radius 3 is 2.85 bits per heavy atom. The van der Waals surface area contributed by atoms with Gasteiger partial charge < -0.3 is 5.32 Å². The highest BCUT2D eigenvalue weighted by atomic mass is 35.5. The van der Waals surface area contributed by atoms with Gasteiger partial charge in [-0.3, -0.25) is 9.48 Å².